The maximum absolute atomic E-state index is 12.9. The Morgan fingerprint density at radius 3 is 2.69 bits per heavy atom. The molecule has 0 bridgehead atoms. The molecule has 8 heteroatoms. The van der Waals surface area contributed by atoms with Gasteiger partial charge in [-0.15, -0.1) is 0 Å². The standard InChI is InChI=1S/C21H24N4O3S/c1-14-18-16(23-24-21(29)22-15-6-3-2-4-7-15)8-5-9-17(18)28-19(14)20(26)25-10-12-27-13-11-25/h2-4,6-7H,5,8-13H2,1H3,(H2,22,24,29)/b23-16+. The smallest absolute Gasteiger partial charge is 0.290 e. The number of thiocarbonyl (C=S) groups is 1. The molecule has 29 heavy (non-hydrogen) atoms. The van der Waals surface area contributed by atoms with Gasteiger partial charge < -0.3 is 19.4 Å². The Morgan fingerprint density at radius 2 is 1.93 bits per heavy atom. The van der Waals surface area contributed by atoms with Gasteiger partial charge in [0.25, 0.3) is 5.91 Å². The first kappa shape index (κ1) is 19.6. The van der Waals surface area contributed by atoms with E-state index >= 15 is 0 Å². The van der Waals surface area contributed by atoms with Gasteiger partial charge in [0, 0.05) is 36.3 Å². The lowest BCUT2D eigenvalue weighted by Gasteiger charge is -2.26. The van der Waals surface area contributed by atoms with Gasteiger partial charge in [0.2, 0.25) is 0 Å². The molecule has 0 atom stereocenters. The Morgan fingerprint density at radius 1 is 1.17 bits per heavy atom. The van der Waals surface area contributed by atoms with E-state index in [4.69, 9.17) is 21.4 Å². The fourth-order valence-corrected chi connectivity index (χ4v) is 3.86. The summed E-state index contributed by atoms with van der Waals surface area (Å²) in [4.78, 5) is 14.7. The molecule has 0 saturated carbocycles. The van der Waals surface area contributed by atoms with E-state index in [9.17, 15) is 4.79 Å². The van der Waals surface area contributed by atoms with Crippen molar-refractivity contribution in [2.75, 3.05) is 31.6 Å². The maximum Gasteiger partial charge on any atom is 0.290 e. The van der Waals surface area contributed by atoms with E-state index in [0.29, 0.717) is 37.2 Å². The van der Waals surface area contributed by atoms with E-state index in [1.54, 1.807) is 4.90 Å². The highest BCUT2D eigenvalue weighted by Crippen LogP contribution is 2.30. The fourth-order valence-electron chi connectivity index (χ4n) is 3.69. The van der Waals surface area contributed by atoms with Crippen molar-refractivity contribution in [3.05, 3.63) is 53.0 Å². The second-order valence-corrected chi connectivity index (χ2v) is 7.51. The van der Waals surface area contributed by atoms with Crippen LogP contribution in [0.3, 0.4) is 0 Å². The van der Waals surface area contributed by atoms with Gasteiger partial charge in [-0.3, -0.25) is 10.2 Å². The van der Waals surface area contributed by atoms with Crippen molar-refractivity contribution in [3.63, 3.8) is 0 Å². The number of hydrogen-bond acceptors (Lipinski definition) is 5. The van der Waals surface area contributed by atoms with Gasteiger partial charge in [-0.1, -0.05) is 18.2 Å². The molecule has 0 spiro atoms. The molecular formula is C21H24N4O3S. The summed E-state index contributed by atoms with van der Waals surface area (Å²) in [5.74, 6) is 1.16. The molecule has 2 heterocycles. The molecule has 2 aromatic rings. The number of anilines is 1. The molecule has 1 aromatic carbocycles. The fraction of sp³-hybridized carbons (Fsp3) is 0.381. The number of hydrogen-bond donors (Lipinski definition) is 2. The molecule has 152 valence electrons. The van der Waals surface area contributed by atoms with Crippen molar-refractivity contribution in [3.8, 4) is 0 Å². The maximum atomic E-state index is 12.9. The molecular weight excluding hydrogens is 388 g/mol. The number of ether oxygens (including phenoxy) is 1. The quantitative estimate of drug-likeness (QED) is 0.596. The second-order valence-electron chi connectivity index (χ2n) is 7.10. The second kappa shape index (κ2) is 8.75. The average molecular weight is 413 g/mol. The first-order valence-corrected chi connectivity index (χ1v) is 10.2. The van der Waals surface area contributed by atoms with Gasteiger partial charge in [0.1, 0.15) is 5.76 Å². The molecule has 0 unspecified atom stereocenters. The number of amides is 1. The number of benzene rings is 1. The lowest BCUT2D eigenvalue weighted by Crippen LogP contribution is -2.40. The first-order chi connectivity index (χ1) is 14.1. The summed E-state index contributed by atoms with van der Waals surface area (Å²) in [7, 11) is 0. The van der Waals surface area contributed by atoms with E-state index in [0.717, 1.165) is 47.5 Å². The number of carbonyl (C=O) groups is 1. The molecule has 1 fully saturated rings. The molecule has 1 aromatic heterocycles. The third-order valence-corrected chi connectivity index (χ3v) is 5.34. The minimum Gasteiger partial charge on any atom is -0.455 e. The predicted molar refractivity (Wildman–Crippen MR) is 115 cm³/mol. The van der Waals surface area contributed by atoms with E-state index in [1.165, 1.54) is 0 Å². The number of rotatable bonds is 3. The van der Waals surface area contributed by atoms with Crippen LogP contribution in [0.5, 0.6) is 0 Å². The first-order valence-electron chi connectivity index (χ1n) is 9.81. The Balaban J connectivity index is 1.51. The number of morpholine rings is 1. The van der Waals surface area contributed by atoms with Gasteiger partial charge in [0.15, 0.2) is 10.9 Å². The third-order valence-electron chi connectivity index (χ3n) is 5.14. The number of para-hydroxylation sites is 1. The highest BCUT2D eigenvalue weighted by atomic mass is 32.1. The zero-order chi connectivity index (χ0) is 20.2. The van der Waals surface area contributed by atoms with Crippen LogP contribution in [-0.4, -0.2) is 47.9 Å². The van der Waals surface area contributed by atoms with E-state index in [2.05, 4.69) is 15.8 Å². The molecule has 0 radical (unpaired) electrons. The molecule has 1 aliphatic carbocycles. The number of aryl methyl sites for hydroxylation is 1. The summed E-state index contributed by atoms with van der Waals surface area (Å²) in [5, 5.41) is 8.05. The topological polar surface area (TPSA) is 79.1 Å². The van der Waals surface area contributed by atoms with Crippen molar-refractivity contribution >= 4 is 34.6 Å². The molecule has 2 N–H and O–H groups in total. The summed E-state index contributed by atoms with van der Waals surface area (Å²) >= 11 is 5.34. The molecule has 4 rings (SSSR count). The zero-order valence-electron chi connectivity index (χ0n) is 16.4. The van der Waals surface area contributed by atoms with Crippen LogP contribution < -0.4 is 10.7 Å². The van der Waals surface area contributed by atoms with Crippen molar-refractivity contribution in [1.82, 2.24) is 10.3 Å². The molecule has 1 amide bonds. The van der Waals surface area contributed by atoms with E-state index < -0.39 is 0 Å². The van der Waals surface area contributed by atoms with Gasteiger partial charge >= 0.3 is 0 Å². The molecule has 2 aliphatic rings. The van der Waals surface area contributed by atoms with Crippen molar-refractivity contribution in [1.29, 1.82) is 0 Å². The lowest BCUT2D eigenvalue weighted by atomic mass is 9.93. The number of fused-ring (bicyclic) bond motifs is 1. The van der Waals surface area contributed by atoms with Crippen LogP contribution in [-0.2, 0) is 11.2 Å². The highest BCUT2D eigenvalue weighted by molar-refractivity contribution is 7.80. The number of nitrogens with zero attached hydrogens (tertiary/aromatic N) is 2. The van der Waals surface area contributed by atoms with E-state index in [-0.39, 0.29) is 5.91 Å². The van der Waals surface area contributed by atoms with Crippen LogP contribution >= 0.6 is 12.2 Å². The number of hydrazone groups is 1. The van der Waals surface area contributed by atoms with Crippen LogP contribution in [0.1, 0.15) is 40.3 Å². The number of carbonyl (C=O) groups excluding carboxylic acids is 1. The summed E-state index contributed by atoms with van der Waals surface area (Å²) in [6.07, 6.45) is 2.53. The highest BCUT2D eigenvalue weighted by Gasteiger charge is 2.30. The minimum absolute atomic E-state index is 0.0752. The van der Waals surface area contributed by atoms with Crippen molar-refractivity contribution in [2.24, 2.45) is 5.10 Å². The SMILES string of the molecule is Cc1c(C(=O)N2CCOCC2)oc2c1/C(=N/NC(=S)Nc1ccccc1)CCC2. The predicted octanol–water partition coefficient (Wildman–Crippen LogP) is 3.09. The van der Waals surface area contributed by atoms with Crippen LogP contribution in [0.25, 0.3) is 0 Å². The van der Waals surface area contributed by atoms with Crippen LogP contribution in [0.15, 0.2) is 39.9 Å². The lowest BCUT2D eigenvalue weighted by molar-refractivity contribution is 0.0281. The van der Waals surface area contributed by atoms with Gasteiger partial charge in [0.05, 0.1) is 18.9 Å². The monoisotopic (exact) mass is 412 g/mol. The van der Waals surface area contributed by atoms with Gasteiger partial charge in [-0.2, -0.15) is 5.10 Å². The van der Waals surface area contributed by atoms with Gasteiger partial charge in [-0.25, -0.2) is 0 Å². The van der Waals surface area contributed by atoms with E-state index in [1.807, 2.05) is 37.3 Å². The Labute approximate surface area is 175 Å². The summed E-state index contributed by atoms with van der Waals surface area (Å²) in [6, 6.07) is 9.69. The van der Waals surface area contributed by atoms with Crippen LogP contribution in [0.4, 0.5) is 5.69 Å². The van der Waals surface area contributed by atoms with Gasteiger partial charge in [-0.05, 0) is 44.1 Å². The summed E-state index contributed by atoms with van der Waals surface area (Å²) < 4.78 is 11.3. The Kier molecular flexibility index (Phi) is 5.92. The molecule has 7 nitrogen and oxygen atoms in total. The Bertz CT molecular complexity index is 933. The normalized spacial score (nSPS) is 17.7. The summed E-state index contributed by atoms with van der Waals surface area (Å²) in [5.41, 5.74) is 6.47. The van der Waals surface area contributed by atoms with Crippen LogP contribution in [0.2, 0.25) is 0 Å². The van der Waals surface area contributed by atoms with Crippen LogP contribution in [0, 0.1) is 6.92 Å². The number of nitrogens with one attached hydrogen (secondary N) is 2. The minimum atomic E-state index is -0.0752. The zero-order valence-corrected chi connectivity index (χ0v) is 17.2. The average Bonchev–Trinajstić information content (AvgIpc) is 3.10. The Hall–Kier alpha value is -2.71. The molecule has 1 saturated heterocycles. The molecule has 1 aliphatic heterocycles. The number of furan rings is 1. The van der Waals surface area contributed by atoms with Crippen molar-refractivity contribution in [2.45, 2.75) is 26.2 Å². The largest absolute Gasteiger partial charge is 0.455 e. The van der Waals surface area contributed by atoms with Crippen molar-refractivity contribution < 1.29 is 13.9 Å². The third kappa shape index (κ3) is 4.33. The summed E-state index contributed by atoms with van der Waals surface area (Å²) in [6.45, 7) is 4.23.